The lowest BCUT2D eigenvalue weighted by Crippen LogP contribution is -2.11. The Morgan fingerprint density at radius 2 is 1.62 bits per heavy atom. The van der Waals surface area contributed by atoms with Crippen molar-refractivity contribution in [2.24, 2.45) is 0 Å². The summed E-state index contributed by atoms with van der Waals surface area (Å²) in [6.07, 6.45) is 1.14. The van der Waals surface area contributed by atoms with E-state index in [1.54, 1.807) is 24.3 Å². The minimum Gasteiger partial charge on any atom is -0.485 e. The van der Waals surface area contributed by atoms with Crippen molar-refractivity contribution in [2.45, 2.75) is 4.90 Å². The van der Waals surface area contributed by atoms with Gasteiger partial charge in [0.05, 0.1) is 4.90 Å². The van der Waals surface area contributed by atoms with Crippen LogP contribution >= 0.6 is 15.9 Å². The first-order chi connectivity index (χ1) is 9.86. The molecule has 2 aromatic rings. The normalized spacial score (nSPS) is 11.1. The molecule has 6 heteroatoms. The fourth-order valence-corrected chi connectivity index (χ4v) is 2.55. The van der Waals surface area contributed by atoms with Gasteiger partial charge in [-0.3, -0.25) is 4.79 Å². The van der Waals surface area contributed by atoms with Crippen LogP contribution in [0.2, 0.25) is 0 Å². The van der Waals surface area contributed by atoms with Crippen molar-refractivity contribution in [3.63, 3.8) is 0 Å². The average Bonchev–Trinajstić information content (AvgIpc) is 2.45. The first kappa shape index (κ1) is 15.7. The number of ketones is 1. The molecule has 0 saturated carbocycles. The number of hydrogen-bond donors (Lipinski definition) is 0. The topological polar surface area (TPSA) is 60.4 Å². The van der Waals surface area contributed by atoms with Gasteiger partial charge in [-0.05, 0) is 36.4 Å². The van der Waals surface area contributed by atoms with Crippen LogP contribution in [0.5, 0.6) is 5.75 Å². The molecule has 0 atom stereocenters. The number of carbonyl (C=O) groups excluding carboxylic acids is 1. The maximum atomic E-state index is 11.9. The molecule has 2 rings (SSSR count). The maximum absolute atomic E-state index is 11.9. The Labute approximate surface area is 131 Å². The van der Waals surface area contributed by atoms with Gasteiger partial charge in [-0.1, -0.05) is 28.1 Å². The summed E-state index contributed by atoms with van der Waals surface area (Å²) in [5.41, 5.74) is 0.561. The monoisotopic (exact) mass is 368 g/mol. The highest BCUT2D eigenvalue weighted by atomic mass is 79.9. The van der Waals surface area contributed by atoms with Gasteiger partial charge < -0.3 is 4.74 Å². The van der Waals surface area contributed by atoms with Crippen molar-refractivity contribution in [3.05, 3.63) is 58.6 Å². The zero-order valence-corrected chi connectivity index (χ0v) is 13.6. The third-order valence-electron chi connectivity index (χ3n) is 2.79. The van der Waals surface area contributed by atoms with Crippen LogP contribution in [-0.4, -0.2) is 27.1 Å². The Hall–Kier alpha value is -1.66. The van der Waals surface area contributed by atoms with Gasteiger partial charge in [-0.25, -0.2) is 8.42 Å². The number of Topliss-reactive ketones (excluding diaryl/α,β-unsaturated/α-hetero) is 1. The molecule has 0 radical (unpaired) electrons. The van der Waals surface area contributed by atoms with Gasteiger partial charge in [-0.15, -0.1) is 0 Å². The summed E-state index contributed by atoms with van der Waals surface area (Å²) in [6, 6.07) is 13.0. The van der Waals surface area contributed by atoms with E-state index in [4.69, 9.17) is 4.74 Å². The van der Waals surface area contributed by atoms with Crippen molar-refractivity contribution in [1.82, 2.24) is 0 Å². The Balaban J connectivity index is 2.00. The molecule has 0 aliphatic rings. The van der Waals surface area contributed by atoms with Crippen molar-refractivity contribution in [2.75, 3.05) is 12.9 Å². The molecular formula is C15H13BrO4S. The molecular weight excluding hydrogens is 356 g/mol. The molecule has 0 amide bonds. The van der Waals surface area contributed by atoms with Crippen molar-refractivity contribution in [3.8, 4) is 5.75 Å². The zero-order chi connectivity index (χ0) is 15.5. The smallest absolute Gasteiger partial charge is 0.200 e. The van der Waals surface area contributed by atoms with Gasteiger partial charge in [0.15, 0.2) is 22.2 Å². The second-order valence-electron chi connectivity index (χ2n) is 4.46. The summed E-state index contributed by atoms with van der Waals surface area (Å²) in [5.74, 6) is 0.308. The van der Waals surface area contributed by atoms with Gasteiger partial charge in [-0.2, -0.15) is 0 Å². The van der Waals surface area contributed by atoms with Gasteiger partial charge in [0.1, 0.15) is 5.75 Å². The lowest BCUT2D eigenvalue weighted by molar-refractivity contribution is 0.0921. The van der Waals surface area contributed by atoms with Gasteiger partial charge >= 0.3 is 0 Å². The first-order valence-corrected chi connectivity index (χ1v) is 8.76. The number of halogens is 1. The number of hydrogen-bond acceptors (Lipinski definition) is 4. The number of benzene rings is 2. The third kappa shape index (κ3) is 4.41. The van der Waals surface area contributed by atoms with Crippen LogP contribution in [0, 0.1) is 0 Å². The Morgan fingerprint density at radius 1 is 1.05 bits per heavy atom. The molecule has 0 fully saturated rings. The van der Waals surface area contributed by atoms with E-state index in [9.17, 15) is 13.2 Å². The van der Waals surface area contributed by atoms with Crippen molar-refractivity contribution >= 4 is 31.6 Å². The highest BCUT2D eigenvalue weighted by Crippen LogP contribution is 2.16. The predicted octanol–water partition coefficient (Wildman–Crippen LogP) is 3.11. The molecule has 0 bridgehead atoms. The van der Waals surface area contributed by atoms with Crippen LogP contribution in [0.25, 0.3) is 0 Å². The van der Waals surface area contributed by atoms with Crippen molar-refractivity contribution in [1.29, 1.82) is 0 Å². The van der Waals surface area contributed by atoms with E-state index >= 15 is 0 Å². The van der Waals surface area contributed by atoms with E-state index in [0.717, 1.165) is 10.7 Å². The van der Waals surface area contributed by atoms with Gasteiger partial charge in [0.25, 0.3) is 0 Å². The Morgan fingerprint density at radius 3 is 2.14 bits per heavy atom. The number of ether oxygens (including phenoxy) is 1. The average molecular weight is 369 g/mol. The van der Waals surface area contributed by atoms with Crippen LogP contribution in [0.15, 0.2) is 57.9 Å². The first-order valence-electron chi connectivity index (χ1n) is 6.08. The molecule has 0 unspecified atom stereocenters. The lowest BCUT2D eigenvalue weighted by atomic mass is 10.1. The molecule has 0 aliphatic carbocycles. The fraction of sp³-hybridized carbons (Fsp3) is 0.133. The van der Waals surface area contributed by atoms with Crippen LogP contribution in [0.1, 0.15) is 10.4 Å². The molecule has 21 heavy (non-hydrogen) atoms. The SMILES string of the molecule is CS(=O)(=O)c1ccc(OCC(=O)c2ccc(Br)cc2)cc1. The molecule has 0 heterocycles. The van der Waals surface area contributed by atoms with E-state index in [-0.39, 0.29) is 17.3 Å². The number of carbonyl (C=O) groups is 1. The summed E-state index contributed by atoms with van der Waals surface area (Å²) >= 11 is 3.30. The second kappa shape index (κ2) is 6.41. The fourth-order valence-electron chi connectivity index (χ4n) is 1.65. The summed E-state index contributed by atoms with van der Waals surface area (Å²) in [7, 11) is -3.22. The lowest BCUT2D eigenvalue weighted by Gasteiger charge is -2.06. The highest BCUT2D eigenvalue weighted by Gasteiger charge is 2.09. The van der Waals surface area contributed by atoms with E-state index in [2.05, 4.69) is 15.9 Å². The minimum atomic E-state index is -3.22. The maximum Gasteiger partial charge on any atom is 0.200 e. The standard InChI is InChI=1S/C15H13BrO4S/c1-21(18,19)14-8-6-13(7-9-14)20-10-15(17)11-2-4-12(16)5-3-11/h2-9H,10H2,1H3. The molecule has 4 nitrogen and oxygen atoms in total. The Bertz CT molecular complexity index is 734. The summed E-state index contributed by atoms with van der Waals surface area (Å²) in [6.45, 7) is -0.0974. The van der Waals surface area contributed by atoms with E-state index in [0.29, 0.717) is 11.3 Å². The predicted molar refractivity (Wildman–Crippen MR) is 83.5 cm³/mol. The molecule has 0 spiro atoms. The van der Waals surface area contributed by atoms with Crippen LogP contribution in [0.4, 0.5) is 0 Å². The summed E-state index contributed by atoms with van der Waals surface area (Å²) < 4.78 is 28.9. The molecule has 0 aliphatic heterocycles. The summed E-state index contributed by atoms with van der Waals surface area (Å²) in [5, 5.41) is 0. The molecule has 0 N–H and O–H groups in total. The zero-order valence-electron chi connectivity index (χ0n) is 11.2. The molecule has 0 saturated heterocycles. The van der Waals surface area contributed by atoms with E-state index in [1.807, 2.05) is 0 Å². The Kier molecular flexibility index (Phi) is 4.80. The number of sulfone groups is 1. The van der Waals surface area contributed by atoms with Crippen LogP contribution < -0.4 is 4.74 Å². The quantitative estimate of drug-likeness (QED) is 0.760. The number of rotatable bonds is 5. The molecule has 0 aromatic heterocycles. The van der Waals surface area contributed by atoms with E-state index < -0.39 is 9.84 Å². The van der Waals surface area contributed by atoms with Gasteiger partial charge in [0.2, 0.25) is 0 Å². The second-order valence-corrected chi connectivity index (χ2v) is 7.39. The van der Waals surface area contributed by atoms with Gasteiger partial charge in [0, 0.05) is 16.3 Å². The molecule has 2 aromatic carbocycles. The van der Waals surface area contributed by atoms with Crippen LogP contribution in [0.3, 0.4) is 0 Å². The third-order valence-corrected chi connectivity index (χ3v) is 4.45. The highest BCUT2D eigenvalue weighted by molar-refractivity contribution is 9.10. The molecule has 110 valence electrons. The van der Waals surface area contributed by atoms with Crippen molar-refractivity contribution < 1.29 is 17.9 Å². The van der Waals surface area contributed by atoms with E-state index in [1.165, 1.54) is 24.3 Å². The largest absolute Gasteiger partial charge is 0.485 e. The van der Waals surface area contributed by atoms with Crippen LogP contribution in [-0.2, 0) is 9.84 Å². The summed E-state index contributed by atoms with van der Waals surface area (Å²) in [4.78, 5) is 12.1. The minimum absolute atomic E-state index is 0.0974.